The third-order valence-corrected chi connectivity index (χ3v) is 5.14. The molecule has 0 aliphatic rings. The second-order valence-electron chi connectivity index (χ2n) is 8.56. The van der Waals surface area contributed by atoms with E-state index in [1.807, 2.05) is 19.2 Å². The third kappa shape index (κ3) is 6.66. The molecule has 11 heteroatoms. The molecule has 0 saturated carbocycles. The molecule has 0 radical (unpaired) electrons. The van der Waals surface area contributed by atoms with E-state index in [2.05, 4.69) is 55.0 Å². The summed E-state index contributed by atoms with van der Waals surface area (Å²) in [5, 5.41) is 8.50. The molecule has 0 amide bonds. The largest absolute Gasteiger partial charge is 0.433 e. The van der Waals surface area contributed by atoms with Gasteiger partial charge in [0.25, 0.3) is 5.89 Å². The van der Waals surface area contributed by atoms with Gasteiger partial charge in [-0.2, -0.15) is 13.8 Å². The Morgan fingerprint density at radius 3 is 2.57 bits per heavy atom. The Labute approximate surface area is 201 Å². The van der Waals surface area contributed by atoms with Gasteiger partial charge in [-0.15, -0.1) is 5.10 Å². The molecular weight excluding hydrogens is 456 g/mol. The van der Waals surface area contributed by atoms with Crippen LogP contribution in [0.25, 0.3) is 23.1 Å². The Bertz CT molecular complexity index is 1260. The first-order valence-corrected chi connectivity index (χ1v) is 11.2. The van der Waals surface area contributed by atoms with Gasteiger partial charge in [0.15, 0.2) is 0 Å². The van der Waals surface area contributed by atoms with E-state index in [0.717, 1.165) is 30.6 Å². The lowest BCUT2D eigenvalue weighted by atomic mass is 10.1. The molecule has 0 spiro atoms. The second-order valence-corrected chi connectivity index (χ2v) is 8.56. The number of hydrogen-bond donors (Lipinski definition) is 0. The van der Waals surface area contributed by atoms with Crippen LogP contribution in [0.1, 0.15) is 30.4 Å². The Morgan fingerprint density at radius 1 is 1.09 bits per heavy atom. The topological polar surface area (TPSA) is 95.0 Å². The molecule has 0 N–H and O–H groups in total. The minimum atomic E-state index is -3.26. The maximum absolute atomic E-state index is 13.0. The fourth-order valence-electron chi connectivity index (χ4n) is 3.48. The quantitative estimate of drug-likeness (QED) is 0.331. The molecule has 184 valence electrons. The summed E-state index contributed by atoms with van der Waals surface area (Å²) in [6.07, 6.45) is 0.505. The molecule has 0 aliphatic heterocycles. The molecule has 0 aliphatic carbocycles. The summed E-state index contributed by atoms with van der Waals surface area (Å²) in [6, 6.07) is 10.0. The van der Waals surface area contributed by atoms with E-state index >= 15 is 0 Å². The first-order valence-electron chi connectivity index (χ1n) is 11.2. The van der Waals surface area contributed by atoms with Crippen molar-refractivity contribution in [3.63, 3.8) is 0 Å². The minimum absolute atomic E-state index is 0.0398. The van der Waals surface area contributed by atoms with E-state index in [-0.39, 0.29) is 11.6 Å². The highest BCUT2D eigenvalue weighted by atomic mass is 19.3. The van der Waals surface area contributed by atoms with Gasteiger partial charge in [-0.05, 0) is 82.4 Å². The lowest BCUT2D eigenvalue weighted by molar-refractivity contribution is -0.158. The van der Waals surface area contributed by atoms with Gasteiger partial charge >= 0.3 is 6.11 Å². The van der Waals surface area contributed by atoms with Crippen molar-refractivity contribution in [2.45, 2.75) is 39.3 Å². The molecule has 3 heterocycles. The number of nitrogens with zero attached hydrogens (tertiary/aromatic N) is 7. The van der Waals surface area contributed by atoms with Crippen LogP contribution < -0.4 is 4.74 Å². The SMILES string of the molecule is Cc1nc(-c2nc(-c3ccc(OC(C)(F)F)cc3)no2)nn1Cc1ccnc(CCCN(C)C)c1. The van der Waals surface area contributed by atoms with Gasteiger partial charge in [0.05, 0.1) is 6.54 Å². The van der Waals surface area contributed by atoms with Crippen molar-refractivity contribution in [3.05, 3.63) is 59.7 Å². The molecule has 4 aromatic rings. The highest BCUT2D eigenvalue weighted by Gasteiger charge is 2.23. The van der Waals surface area contributed by atoms with Crippen LogP contribution in [-0.2, 0) is 13.0 Å². The van der Waals surface area contributed by atoms with Crippen molar-refractivity contribution in [2.24, 2.45) is 0 Å². The molecule has 0 bridgehead atoms. The average molecular weight is 484 g/mol. The monoisotopic (exact) mass is 483 g/mol. The van der Waals surface area contributed by atoms with E-state index in [1.54, 1.807) is 16.8 Å². The molecule has 3 aromatic heterocycles. The van der Waals surface area contributed by atoms with Gasteiger partial charge in [0.2, 0.25) is 11.6 Å². The lowest BCUT2D eigenvalue weighted by Gasteiger charge is -2.12. The number of benzene rings is 1. The van der Waals surface area contributed by atoms with Crippen molar-refractivity contribution in [2.75, 3.05) is 20.6 Å². The summed E-state index contributed by atoms with van der Waals surface area (Å²) in [5.74, 6) is 1.51. The Balaban J connectivity index is 1.45. The lowest BCUT2D eigenvalue weighted by Crippen LogP contribution is -2.18. The zero-order valence-electron chi connectivity index (χ0n) is 20.1. The molecule has 0 atom stereocenters. The maximum atomic E-state index is 13.0. The van der Waals surface area contributed by atoms with E-state index in [4.69, 9.17) is 4.52 Å². The van der Waals surface area contributed by atoms with Crippen LogP contribution in [0.15, 0.2) is 47.1 Å². The maximum Gasteiger partial charge on any atom is 0.394 e. The van der Waals surface area contributed by atoms with Crippen LogP contribution in [0.4, 0.5) is 8.78 Å². The Hall–Kier alpha value is -3.73. The number of aryl methyl sites for hydroxylation is 2. The molecule has 0 saturated heterocycles. The predicted octanol–water partition coefficient (Wildman–Crippen LogP) is 4.23. The summed E-state index contributed by atoms with van der Waals surface area (Å²) >= 11 is 0. The number of pyridine rings is 1. The van der Waals surface area contributed by atoms with E-state index in [9.17, 15) is 8.78 Å². The van der Waals surface area contributed by atoms with Gasteiger partial charge in [-0.1, -0.05) is 5.16 Å². The van der Waals surface area contributed by atoms with Crippen LogP contribution in [-0.4, -0.2) is 61.5 Å². The molecule has 0 unspecified atom stereocenters. The van der Waals surface area contributed by atoms with E-state index in [1.165, 1.54) is 12.1 Å². The van der Waals surface area contributed by atoms with Crippen molar-refractivity contribution < 1.29 is 18.0 Å². The first-order chi connectivity index (χ1) is 16.7. The van der Waals surface area contributed by atoms with Gasteiger partial charge in [0.1, 0.15) is 11.6 Å². The van der Waals surface area contributed by atoms with E-state index in [0.29, 0.717) is 36.5 Å². The third-order valence-electron chi connectivity index (χ3n) is 5.14. The zero-order valence-corrected chi connectivity index (χ0v) is 20.1. The predicted molar refractivity (Wildman–Crippen MR) is 125 cm³/mol. The zero-order chi connectivity index (χ0) is 25.0. The van der Waals surface area contributed by atoms with Crippen molar-refractivity contribution in [3.8, 4) is 28.9 Å². The number of rotatable bonds is 10. The molecule has 9 nitrogen and oxygen atoms in total. The molecular formula is C24H27F2N7O2. The smallest absolute Gasteiger partial charge is 0.394 e. The highest BCUT2D eigenvalue weighted by molar-refractivity contribution is 5.57. The van der Waals surface area contributed by atoms with Crippen LogP contribution in [0.2, 0.25) is 0 Å². The van der Waals surface area contributed by atoms with Gasteiger partial charge in [-0.25, -0.2) is 9.67 Å². The summed E-state index contributed by atoms with van der Waals surface area (Å²) in [5.41, 5.74) is 2.70. The normalized spacial score (nSPS) is 11.9. The average Bonchev–Trinajstić information content (AvgIpc) is 3.41. The number of hydrogen-bond acceptors (Lipinski definition) is 8. The van der Waals surface area contributed by atoms with Crippen molar-refractivity contribution >= 4 is 0 Å². The van der Waals surface area contributed by atoms with Crippen molar-refractivity contribution in [1.82, 2.24) is 34.8 Å². The second kappa shape index (κ2) is 10.3. The number of aromatic nitrogens is 6. The van der Waals surface area contributed by atoms with Crippen LogP contribution in [0, 0.1) is 6.92 Å². The Morgan fingerprint density at radius 2 is 1.86 bits per heavy atom. The first kappa shape index (κ1) is 24.4. The van der Waals surface area contributed by atoms with Gasteiger partial charge < -0.3 is 14.2 Å². The summed E-state index contributed by atoms with van der Waals surface area (Å²) in [4.78, 5) is 15.4. The summed E-state index contributed by atoms with van der Waals surface area (Å²) in [7, 11) is 4.12. The molecule has 0 fully saturated rings. The van der Waals surface area contributed by atoms with Gasteiger partial charge in [0, 0.05) is 24.4 Å². The van der Waals surface area contributed by atoms with Crippen LogP contribution in [0.3, 0.4) is 0 Å². The fraction of sp³-hybridized carbons (Fsp3) is 0.375. The number of alkyl halides is 2. The molecule has 4 rings (SSSR count). The highest BCUT2D eigenvalue weighted by Crippen LogP contribution is 2.25. The number of ether oxygens (including phenoxy) is 1. The van der Waals surface area contributed by atoms with E-state index < -0.39 is 6.11 Å². The van der Waals surface area contributed by atoms with Gasteiger partial charge in [-0.3, -0.25) is 4.98 Å². The fourth-order valence-corrected chi connectivity index (χ4v) is 3.48. The van der Waals surface area contributed by atoms with Crippen molar-refractivity contribution in [1.29, 1.82) is 0 Å². The minimum Gasteiger partial charge on any atom is -0.433 e. The number of halogens is 2. The Kier molecular flexibility index (Phi) is 7.15. The van der Waals surface area contributed by atoms with Crippen LogP contribution >= 0.6 is 0 Å². The standard InChI is InChI=1S/C24H27F2N7O2/c1-16-28-22(30-33(16)15-17-11-12-27-19(14-17)6-5-13-32(3)4)23-29-21(31-35-23)18-7-9-20(10-8-18)34-24(2,25)26/h7-12,14H,5-6,13,15H2,1-4H3. The summed E-state index contributed by atoms with van der Waals surface area (Å²) in [6.45, 7) is 4.08. The molecule has 1 aromatic carbocycles. The summed E-state index contributed by atoms with van der Waals surface area (Å²) < 4.78 is 37.7. The van der Waals surface area contributed by atoms with Crippen LogP contribution in [0.5, 0.6) is 5.75 Å². The molecule has 35 heavy (non-hydrogen) atoms.